The van der Waals surface area contributed by atoms with Gasteiger partial charge in [-0.05, 0) is 19.8 Å². The maximum atomic E-state index is 13.4. The number of carbonyl (C=O) groups excluding carboxylic acids is 3. The Hall–Kier alpha value is -0.939. The lowest BCUT2D eigenvalue weighted by Gasteiger charge is -2.47. The van der Waals surface area contributed by atoms with Crippen LogP contribution in [0.15, 0.2) is 0 Å². The summed E-state index contributed by atoms with van der Waals surface area (Å²) in [4.78, 5) is 39.2. The van der Waals surface area contributed by atoms with Crippen molar-refractivity contribution >= 4 is 42.1 Å². The molecule has 3 atom stereocenters. The normalized spacial score (nSPS) is 16.8. The summed E-state index contributed by atoms with van der Waals surface area (Å²) in [5.74, 6) is -0.839. The van der Waals surface area contributed by atoms with Crippen molar-refractivity contribution in [2.45, 2.75) is 94.8 Å². The van der Waals surface area contributed by atoms with E-state index < -0.39 is 29.3 Å². The van der Waals surface area contributed by atoms with E-state index >= 15 is 0 Å². The fourth-order valence-corrected chi connectivity index (χ4v) is 10.2. The molecule has 0 aliphatic heterocycles. The molecule has 0 saturated heterocycles. The molecule has 176 valence electrons. The van der Waals surface area contributed by atoms with E-state index in [1.54, 1.807) is 6.92 Å². The Morgan fingerprint density at radius 3 is 1.40 bits per heavy atom. The second-order valence-corrected chi connectivity index (χ2v) is 27.7. The molecular weight excluding hydrogens is 432 g/mol. The van der Waals surface area contributed by atoms with E-state index in [0.29, 0.717) is 19.4 Å². The SMILES string of the molecule is CCOC(=O)C(CC(CC(C(=O)OC)[Si](C)(C)C)(C(=O)OC)[Si](C)(C)C)[Si](C)(C)C. The topological polar surface area (TPSA) is 78.9 Å². The molecule has 0 spiro atoms. The molecule has 30 heavy (non-hydrogen) atoms. The van der Waals surface area contributed by atoms with Gasteiger partial charge in [0, 0.05) is 0 Å². The molecule has 0 amide bonds. The standard InChI is InChI=1S/C21H44O6Si3/c1-13-27-19(23)17(29(7,8)9)15-21(20(24)26-3,30(10,11)12)14-16(18(22)25-2)28(4,5)6/h16-17H,13-15H2,1-12H3. The predicted octanol–water partition coefficient (Wildman–Crippen LogP) is 5.17. The Labute approximate surface area is 186 Å². The third-order valence-corrected chi connectivity index (χ3v) is 14.8. The van der Waals surface area contributed by atoms with Gasteiger partial charge < -0.3 is 14.2 Å². The largest absolute Gasteiger partial charge is 0.469 e. The van der Waals surface area contributed by atoms with Gasteiger partial charge in [-0.2, -0.15) is 0 Å². The number of hydrogen-bond donors (Lipinski definition) is 0. The molecule has 0 aromatic rings. The quantitative estimate of drug-likeness (QED) is 0.232. The van der Waals surface area contributed by atoms with Crippen molar-refractivity contribution in [2.24, 2.45) is 0 Å². The lowest BCUT2D eigenvalue weighted by molar-refractivity contribution is -0.147. The highest BCUT2D eigenvalue weighted by Crippen LogP contribution is 2.55. The summed E-state index contributed by atoms with van der Waals surface area (Å²) >= 11 is 0. The number of ether oxygens (including phenoxy) is 3. The second-order valence-electron chi connectivity index (χ2n) is 11.3. The van der Waals surface area contributed by atoms with Crippen molar-refractivity contribution in [3.05, 3.63) is 0 Å². The van der Waals surface area contributed by atoms with Gasteiger partial charge in [-0.15, -0.1) is 0 Å². The zero-order valence-corrected chi connectivity index (χ0v) is 24.2. The van der Waals surface area contributed by atoms with Gasteiger partial charge in [0.05, 0.1) is 61.2 Å². The van der Waals surface area contributed by atoms with E-state index in [0.717, 1.165) is 0 Å². The number of methoxy groups -OCH3 is 2. The highest BCUT2D eigenvalue weighted by molar-refractivity contribution is 6.84. The predicted molar refractivity (Wildman–Crippen MR) is 130 cm³/mol. The molecule has 6 nitrogen and oxygen atoms in total. The molecule has 9 heteroatoms. The van der Waals surface area contributed by atoms with E-state index in [9.17, 15) is 14.4 Å². The van der Waals surface area contributed by atoms with Crippen molar-refractivity contribution in [1.82, 2.24) is 0 Å². The van der Waals surface area contributed by atoms with E-state index in [1.165, 1.54) is 14.2 Å². The van der Waals surface area contributed by atoms with Crippen molar-refractivity contribution in [2.75, 3.05) is 20.8 Å². The van der Waals surface area contributed by atoms with Crippen molar-refractivity contribution in [1.29, 1.82) is 0 Å². The number of hydrogen-bond acceptors (Lipinski definition) is 6. The van der Waals surface area contributed by atoms with Crippen LogP contribution < -0.4 is 0 Å². The molecule has 0 aromatic carbocycles. The molecule has 0 fully saturated rings. The number of carbonyl (C=O) groups is 3. The monoisotopic (exact) mass is 476 g/mol. The molecule has 3 unspecified atom stereocenters. The van der Waals surface area contributed by atoms with Gasteiger partial charge in [-0.25, -0.2) is 0 Å². The lowest BCUT2D eigenvalue weighted by atomic mass is 9.95. The van der Waals surface area contributed by atoms with Crippen LogP contribution in [0, 0.1) is 0 Å². The Kier molecular flexibility index (Phi) is 10.3. The molecule has 0 bridgehead atoms. The molecule has 0 aromatic heterocycles. The average molecular weight is 477 g/mol. The van der Waals surface area contributed by atoms with Gasteiger partial charge in [-0.3, -0.25) is 14.4 Å². The smallest absolute Gasteiger partial charge is 0.308 e. The first kappa shape index (κ1) is 29.1. The molecule has 0 radical (unpaired) electrons. The van der Waals surface area contributed by atoms with Crippen LogP contribution in [0.25, 0.3) is 0 Å². The van der Waals surface area contributed by atoms with Crippen molar-refractivity contribution < 1.29 is 28.6 Å². The van der Waals surface area contributed by atoms with Gasteiger partial charge in [0.1, 0.15) is 0 Å². The van der Waals surface area contributed by atoms with E-state index in [-0.39, 0.29) is 29.0 Å². The average Bonchev–Trinajstić information content (AvgIpc) is 2.57. The van der Waals surface area contributed by atoms with Crippen LogP contribution >= 0.6 is 0 Å². The summed E-state index contributed by atoms with van der Waals surface area (Å²) in [5.41, 5.74) is -0.721. The number of esters is 3. The van der Waals surface area contributed by atoms with Crippen LogP contribution in [0.2, 0.25) is 75.0 Å². The molecule has 0 heterocycles. The first-order valence-electron chi connectivity index (χ1n) is 10.7. The fraction of sp³-hybridized carbons (Fsp3) is 0.857. The third-order valence-electron chi connectivity index (χ3n) is 6.26. The molecule has 0 saturated carbocycles. The molecule has 0 rings (SSSR count). The van der Waals surface area contributed by atoms with E-state index in [4.69, 9.17) is 14.2 Å². The van der Waals surface area contributed by atoms with Crippen molar-refractivity contribution in [3.63, 3.8) is 0 Å². The number of rotatable bonds is 11. The van der Waals surface area contributed by atoms with Crippen molar-refractivity contribution in [3.8, 4) is 0 Å². The minimum atomic E-state index is -2.28. The summed E-state index contributed by atoms with van der Waals surface area (Å²) < 4.78 is 15.9. The van der Waals surface area contributed by atoms with Crippen LogP contribution in [0.4, 0.5) is 0 Å². The summed E-state index contributed by atoms with van der Waals surface area (Å²) in [6, 6.07) is 0. The van der Waals surface area contributed by atoms with Crippen LogP contribution in [0.5, 0.6) is 0 Å². The lowest BCUT2D eigenvalue weighted by Crippen LogP contribution is -2.52. The Bertz CT molecular complexity index is 616. The maximum absolute atomic E-state index is 13.4. The minimum absolute atomic E-state index is 0.245. The van der Waals surface area contributed by atoms with Crippen LogP contribution in [0.1, 0.15) is 19.8 Å². The molecule has 0 aliphatic rings. The fourth-order valence-electron chi connectivity index (χ4n) is 3.93. The van der Waals surface area contributed by atoms with Crippen LogP contribution in [-0.2, 0) is 28.6 Å². The highest BCUT2D eigenvalue weighted by atomic mass is 28.3. The van der Waals surface area contributed by atoms with E-state index in [1.807, 2.05) is 0 Å². The van der Waals surface area contributed by atoms with Crippen LogP contribution in [0.3, 0.4) is 0 Å². The van der Waals surface area contributed by atoms with E-state index in [2.05, 4.69) is 58.9 Å². The first-order chi connectivity index (χ1) is 13.4. The Balaban J connectivity index is 6.73. The Morgan fingerprint density at radius 2 is 1.13 bits per heavy atom. The molecule has 0 aliphatic carbocycles. The summed E-state index contributed by atoms with van der Waals surface area (Å²) in [6.07, 6.45) is 0.722. The molecular formula is C21H44O6Si3. The van der Waals surface area contributed by atoms with Crippen LogP contribution in [-0.4, -0.2) is 63.0 Å². The van der Waals surface area contributed by atoms with Gasteiger partial charge in [0.25, 0.3) is 0 Å². The molecule has 0 N–H and O–H groups in total. The Morgan fingerprint density at radius 1 is 0.733 bits per heavy atom. The summed E-state index contributed by atoms with van der Waals surface area (Å²) in [5, 5.41) is -0.890. The highest BCUT2D eigenvalue weighted by Gasteiger charge is 2.57. The van der Waals surface area contributed by atoms with Gasteiger partial charge >= 0.3 is 17.9 Å². The summed E-state index contributed by atoms with van der Waals surface area (Å²) in [7, 11) is -3.54. The zero-order chi connectivity index (χ0) is 24.1. The summed E-state index contributed by atoms with van der Waals surface area (Å²) in [6.45, 7) is 21.2. The second kappa shape index (κ2) is 10.6. The third kappa shape index (κ3) is 7.05. The minimum Gasteiger partial charge on any atom is -0.469 e. The maximum Gasteiger partial charge on any atom is 0.308 e. The van der Waals surface area contributed by atoms with Gasteiger partial charge in [0.15, 0.2) is 0 Å². The van der Waals surface area contributed by atoms with Gasteiger partial charge in [0.2, 0.25) is 0 Å². The van der Waals surface area contributed by atoms with Gasteiger partial charge in [-0.1, -0.05) is 58.9 Å². The first-order valence-corrected chi connectivity index (χ1v) is 21.4. The zero-order valence-electron chi connectivity index (χ0n) is 21.2.